The maximum absolute atomic E-state index is 12.7. The molecule has 3 rings (SSSR count). The Balaban J connectivity index is 1.64. The Hall–Kier alpha value is -2.95. The summed E-state index contributed by atoms with van der Waals surface area (Å²) in [6.07, 6.45) is 4.90. The summed E-state index contributed by atoms with van der Waals surface area (Å²) in [6.45, 7) is 2.56. The molecule has 1 N–H and O–H groups in total. The van der Waals surface area contributed by atoms with Crippen LogP contribution in [0.15, 0.2) is 67.3 Å². The van der Waals surface area contributed by atoms with Gasteiger partial charge in [0.25, 0.3) is 5.91 Å². The lowest BCUT2D eigenvalue weighted by Crippen LogP contribution is -2.36. The Kier molecular flexibility index (Phi) is 5.57. The lowest BCUT2D eigenvalue weighted by atomic mass is 9.99. The molecule has 0 saturated heterocycles. The van der Waals surface area contributed by atoms with E-state index in [0.717, 1.165) is 24.0 Å². The van der Waals surface area contributed by atoms with E-state index in [4.69, 9.17) is 0 Å². The van der Waals surface area contributed by atoms with Gasteiger partial charge in [-0.2, -0.15) is 5.10 Å². The third-order valence-corrected chi connectivity index (χ3v) is 4.09. The Labute approximate surface area is 147 Å². The fourth-order valence-electron chi connectivity index (χ4n) is 2.84. The van der Waals surface area contributed by atoms with Crippen LogP contribution in [0, 0.1) is 0 Å². The predicted molar refractivity (Wildman–Crippen MR) is 97.2 cm³/mol. The molecule has 0 aliphatic heterocycles. The molecule has 0 fully saturated rings. The minimum Gasteiger partial charge on any atom is -0.348 e. The van der Waals surface area contributed by atoms with E-state index in [9.17, 15) is 4.79 Å². The van der Waals surface area contributed by atoms with Crippen molar-refractivity contribution in [2.24, 2.45) is 0 Å². The maximum atomic E-state index is 12.7. The summed E-state index contributed by atoms with van der Waals surface area (Å²) in [5.74, 6) is -0.0451. The van der Waals surface area contributed by atoms with Crippen LogP contribution in [0.2, 0.25) is 0 Å². The van der Waals surface area contributed by atoms with Gasteiger partial charge in [0.15, 0.2) is 0 Å². The van der Waals surface area contributed by atoms with Crippen LogP contribution in [0.5, 0.6) is 0 Å². The van der Waals surface area contributed by atoms with Gasteiger partial charge < -0.3 is 5.32 Å². The van der Waals surface area contributed by atoms with Crippen molar-refractivity contribution in [3.63, 3.8) is 0 Å². The van der Waals surface area contributed by atoms with Gasteiger partial charge in [0.2, 0.25) is 0 Å². The summed E-state index contributed by atoms with van der Waals surface area (Å²) in [5, 5.41) is 7.12. The minimum atomic E-state index is -0.0451. The highest BCUT2D eigenvalue weighted by Crippen LogP contribution is 2.13. The molecule has 0 radical (unpaired) electrons. The van der Waals surface area contributed by atoms with Crippen molar-refractivity contribution in [1.82, 2.24) is 20.1 Å². The van der Waals surface area contributed by atoms with E-state index in [1.165, 1.54) is 11.9 Å². The molecule has 1 aromatic heterocycles. The Morgan fingerprint density at radius 1 is 1.08 bits per heavy atom. The van der Waals surface area contributed by atoms with Crippen molar-refractivity contribution in [1.29, 1.82) is 0 Å². The van der Waals surface area contributed by atoms with Crippen molar-refractivity contribution >= 4 is 5.91 Å². The number of rotatable bonds is 7. The van der Waals surface area contributed by atoms with Gasteiger partial charge in [-0.15, -0.1) is 0 Å². The van der Waals surface area contributed by atoms with Crippen LogP contribution in [0.3, 0.4) is 0 Å². The molecule has 128 valence electrons. The lowest BCUT2D eigenvalue weighted by molar-refractivity contribution is 0.0935. The number of nitrogens with one attached hydrogen (secondary N) is 1. The zero-order valence-electron chi connectivity index (χ0n) is 14.3. The normalized spacial score (nSPS) is 11.9. The van der Waals surface area contributed by atoms with Crippen molar-refractivity contribution in [3.8, 4) is 0 Å². The standard InChI is InChI=1S/C20H22N4O/c1-16(13-24-15-21-14-22-24)23-20(25)19-10-6-5-9-18(19)12-11-17-7-3-2-4-8-17/h2-10,14-16H,11-13H2,1H3,(H,23,25). The van der Waals surface area contributed by atoms with Crippen LogP contribution < -0.4 is 5.32 Å². The fraction of sp³-hybridized carbons (Fsp3) is 0.250. The first-order valence-electron chi connectivity index (χ1n) is 8.47. The molecule has 1 atom stereocenters. The summed E-state index contributed by atoms with van der Waals surface area (Å²) >= 11 is 0. The quantitative estimate of drug-likeness (QED) is 0.723. The molecular weight excluding hydrogens is 312 g/mol. The smallest absolute Gasteiger partial charge is 0.251 e. The summed E-state index contributed by atoms with van der Waals surface area (Å²) < 4.78 is 1.71. The number of aryl methyl sites for hydroxylation is 2. The lowest BCUT2D eigenvalue weighted by Gasteiger charge is -2.15. The Morgan fingerprint density at radius 2 is 1.84 bits per heavy atom. The molecule has 1 amide bonds. The van der Waals surface area contributed by atoms with Crippen LogP contribution in [0.25, 0.3) is 0 Å². The fourth-order valence-corrected chi connectivity index (χ4v) is 2.84. The molecule has 5 nitrogen and oxygen atoms in total. The molecule has 2 aromatic carbocycles. The molecule has 0 aliphatic rings. The Bertz CT molecular complexity index is 800. The van der Waals surface area contributed by atoms with Crippen LogP contribution in [-0.4, -0.2) is 26.7 Å². The average Bonchev–Trinajstić information content (AvgIpc) is 3.14. The van der Waals surface area contributed by atoms with Gasteiger partial charge in [0.1, 0.15) is 12.7 Å². The van der Waals surface area contributed by atoms with Gasteiger partial charge in [-0.05, 0) is 37.0 Å². The van der Waals surface area contributed by atoms with Gasteiger partial charge in [0.05, 0.1) is 6.54 Å². The third-order valence-electron chi connectivity index (χ3n) is 4.09. The zero-order valence-corrected chi connectivity index (χ0v) is 14.3. The van der Waals surface area contributed by atoms with Gasteiger partial charge in [-0.3, -0.25) is 9.48 Å². The van der Waals surface area contributed by atoms with Crippen LogP contribution in [-0.2, 0) is 19.4 Å². The van der Waals surface area contributed by atoms with Crippen molar-refractivity contribution < 1.29 is 4.79 Å². The number of amides is 1. The maximum Gasteiger partial charge on any atom is 0.251 e. The van der Waals surface area contributed by atoms with E-state index >= 15 is 0 Å². The molecule has 0 bridgehead atoms. The number of nitrogens with zero attached hydrogens (tertiary/aromatic N) is 3. The van der Waals surface area contributed by atoms with Crippen molar-refractivity contribution in [3.05, 3.63) is 83.9 Å². The first kappa shape index (κ1) is 16.9. The largest absolute Gasteiger partial charge is 0.348 e. The van der Waals surface area contributed by atoms with Crippen LogP contribution in [0.4, 0.5) is 0 Å². The molecule has 0 spiro atoms. The predicted octanol–water partition coefficient (Wildman–Crippen LogP) is 2.88. The summed E-state index contributed by atoms with van der Waals surface area (Å²) in [6, 6.07) is 18.1. The molecule has 3 aromatic rings. The molecule has 1 heterocycles. The highest BCUT2D eigenvalue weighted by Gasteiger charge is 2.14. The van der Waals surface area contributed by atoms with E-state index in [1.54, 1.807) is 11.0 Å². The zero-order chi connectivity index (χ0) is 17.5. The Morgan fingerprint density at radius 3 is 2.60 bits per heavy atom. The molecule has 1 unspecified atom stereocenters. The van der Waals surface area contributed by atoms with Gasteiger partial charge >= 0.3 is 0 Å². The number of aromatic nitrogens is 3. The first-order chi connectivity index (χ1) is 12.2. The number of hydrogen-bond donors (Lipinski definition) is 1. The molecule has 0 saturated carbocycles. The van der Waals surface area contributed by atoms with E-state index in [2.05, 4.69) is 27.5 Å². The average molecular weight is 334 g/mol. The van der Waals surface area contributed by atoms with Gasteiger partial charge in [-0.1, -0.05) is 48.5 Å². The number of carbonyl (C=O) groups is 1. The molecule has 0 aliphatic carbocycles. The second kappa shape index (κ2) is 8.24. The number of benzene rings is 2. The molecule has 5 heteroatoms. The van der Waals surface area contributed by atoms with Gasteiger partial charge in [-0.25, -0.2) is 4.98 Å². The SMILES string of the molecule is CC(Cn1cncn1)NC(=O)c1ccccc1CCc1ccccc1. The molecular formula is C20H22N4O. The highest BCUT2D eigenvalue weighted by molar-refractivity contribution is 5.95. The van der Waals surface area contributed by atoms with Crippen LogP contribution in [0.1, 0.15) is 28.4 Å². The second-order valence-electron chi connectivity index (χ2n) is 6.13. The second-order valence-corrected chi connectivity index (χ2v) is 6.13. The summed E-state index contributed by atoms with van der Waals surface area (Å²) in [5.41, 5.74) is 3.08. The minimum absolute atomic E-state index is 0.0311. The number of carbonyl (C=O) groups excluding carboxylic acids is 1. The first-order valence-corrected chi connectivity index (χ1v) is 8.47. The van der Waals surface area contributed by atoms with E-state index < -0.39 is 0 Å². The van der Waals surface area contributed by atoms with E-state index in [-0.39, 0.29) is 11.9 Å². The van der Waals surface area contributed by atoms with Crippen molar-refractivity contribution in [2.75, 3.05) is 0 Å². The molecule has 25 heavy (non-hydrogen) atoms. The van der Waals surface area contributed by atoms with Crippen LogP contribution >= 0.6 is 0 Å². The topological polar surface area (TPSA) is 59.8 Å². The summed E-state index contributed by atoms with van der Waals surface area (Å²) in [7, 11) is 0. The van der Waals surface area contributed by atoms with E-state index in [1.807, 2.05) is 49.4 Å². The van der Waals surface area contributed by atoms with Gasteiger partial charge in [0, 0.05) is 11.6 Å². The van der Waals surface area contributed by atoms with E-state index in [0.29, 0.717) is 6.54 Å². The van der Waals surface area contributed by atoms with Crippen molar-refractivity contribution in [2.45, 2.75) is 32.4 Å². The third kappa shape index (κ3) is 4.76. The number of hydrogen-bond acceptors (Lipinski definition) is 3. The highest BCUT2D eigenvalue weighted by atomic mass is 16.1. The monoisotopic (exact) mass is 334 g/mol. The summed E-state index contributed by atoms with van der Waals surface area (Å²) in [4.78, 5) is 16.6.